The van der Waals surface area contributed by atoms with Gasteiger partial charge >= 0.3 is 23.1 Å². The van der Waals surface area contributed by atoms with Gasteiger partial charge in [0.05, 0.1) is 0 Å². The predicted molar refractivity (Wildman–Crippen MR) is 74.3 cm³/mol. The van der Waals surface area contributed by atoms with Gasteiger partial charge in [-0.3, -0.25) is 0 Å². The zero-order chi connectivity index (χ0) is 10.7. The van der Waals surface area contributed by atoms with Crippen LogP contribution in [-0.4, -0.2) is 23.1 Å². The van der Waals surface area contributed by atoms with Crippen LogP contribution in [0.2, 0.25) is 0 Å². The molecule has 2 rings (SSSR count). The average Bonchev–Trinajstić information content (AvgIpc) is 2.17. The molecule has 17 heavy (non-hydrogen) atoms. The van der Waals surface area contributed by atoms with Crippen LogP contribution < -0.4 is 27.6 Å². The molecule has 0 spiro atoms. The number of halogens is 1. The van der Waals surface area contributed by atoms with Gasteiger partial charge in [0.1, 0.15) is 0 Å². The fraction of sp³-hybridized carbons (Fsp3) is 0.143. The van der Waals surface area contributed by atoms with E-state index in [-0.39, 0.29) is 40.0 Å². The van der Waals surface area contributed by atoms with Crippen LogP contribution in [0.15, 0.2) is 48.5 Å². The van der Waals surface area contributed by atoms with Gasteiger partial charge in [-0.25, -0.2) is 0 Å². The fourth-order valence-corrected chi connectivity index (χ4v) is 2.70. The van der Waals surface area contributed by atoms with Crippen LogP contribution in [0.5, 0.6) is 0 Å². The second kappa shape index (κ2) is 8.26. The van der Waals surface area contributed by atoms with Gasteiger partial charge in [-0.05, 0) is 13.8 Å². The number of benzene rings is 2. The van der Waals surface area contributed by atoms with E-state index >= 15 is 0 Å². The zero-order valence-corrected chi connectivity index (χ0v) is 14.0. The first-order valence-electron chi connectivity index (χ1n) is 5.09. The summed E-state index contributed by atoms with van der Waals surface area (Å²) in [6.07, 6.45) is 0. The Labute approximate surface area is 132 Å². The Morgan fingerprint density at radius 3 is 1.53 bits per heavy atom. The minimum Gasteiger partial charge on any atom is -1.00 e. The summed E-state index contributed by atoms with van der Waals surface area (Å²) in [6, 6.07) is 17.3. The molecular formula is C14H14BrMgP. The van der Waals surface area contributed by atoms with Gasteiger partial charge in [0.25, 0.3) is 0 Å². The molecule has 0 aliphatic carbocycles. The van der Waals surface area contributed by atoms with Crippen molar-refractivity contribution in [2.24, 2.45) is 0 Å². The standard InChI is InChI=1S/C14H14P.BrH.Mg/c1-11-5-3-7-13(9-11)15-14-8-4-6-12(2)10-14;;/h3-10H,1-2H3;1H;/q-1;;+2/p-1. The number of aryl methyl sites for hydroxylation is 2. The first-order valence-corrected chi connectivity index (χ1v) is 5.98. The van der Waals surface area contributed by atoms with E-state index in [1.165, 1.54) is 30.3 Å². The maximum atomic E-state index is 2.24. The SMILES string of the molecule is Cc1cccc([P-]c2cccc(C)c2)c1.[Br-].[Mg+2]. The third-order valence-corrected chi connectivity index (χ3v) is 3.33. The van der Waals surface area contributed by atoms with E-state index in [1.807, 2.05) is 0 Å². The third-order valence-electron chi connectivity index (χ3n) is 2.26. The van der Waals surface area contributed by atoms with Crippen LogP contribution >= 0.6 is 8.58 Å². The molecule has 0 aromatic heterocycles. The largest absolute Gasteiger partial charge is 2.00 e. The van der Waals surface area contributed by atoms with Crippen LogP contribution in [0.1, 0.15) is 11.1 Å². The predicted octanol–water partition coefficient (Wildman–Crippen LogP) is -0.176. The molecule has 0 aliphatic rings. The Kier molecular flexibility index (Phi) is 8.32. The van der Waals surface area contributed by atoms with E-state index in [0.29, 0.717) is 0 Å². The summed E-state index contributed by atoms with van der Waals surface area (Å²) in [5.41, 5.74) is 2.65. The molecule has 2 aromatic carbocycles. The van der Waals surface area contributed by atoms with E-state index in [1.54, 1.807) is 0 Å². The summed E-state index contributed by atoms with van der Waals surface area (Å²) in [7, 11) is 1.29. The molecular weight excluding hydrogens is 303 g/mol. The van der Waals surface area contributed by atoms with Gasteiger partial charge in [-0.15, -0.1) is 0 Å². The van der Waals surface area contributed by atoms with Crippen molar-refractivity contribution in [3.05, 3.63) is 59.7 Å². The van der Waals surface area contributed by atoms with Crippen molar-refractivity contribution >= 4 is 42.2 Å². The smallest absolute Gasteiger partial charge is 1.00 e. The number of hydrogen-bond acceptors (Lipinski definition) is 0. The van der Waals surface area contributed by atoms with E-state index in [9.17, 15) is 0 Å². The average molecular weight is 317 g/mol. The molecule has 0 saturated carbocycles. The third kappa shape index (κ3) is 5.52. The normalized spacial score (nSPS) is 9.06. The van der Waals surface area contributed by atoms with Gasteiger partial charge in [0.2, 0.25) is 0 Å². The van der Waals surface area contributed by atoms with Crippen molar-refractivity contribution in [3.8, 4) is 0 Å². The minimum atomic E-state index is 0. The Hall–Kier alpha value is 0.116. The van der Waals surface area contributed by atoms with E-state index in [2.05, 4.69) is 62.4 Å². The molecule has 0 saturated heterocycles. The van der Waals surface area contributed by atoms with Gasteiger partial charge in [-0.1, -0.05) is 59.7 Å². The maximum Gasteiger partial charge on any atom is 2.00 e. The molecule has 84 valence electrons. The van der Waals surface area contributed by atoms with Crippen LogP contribution in [-0.2, 0) is 0 Å². The first-order chi connectivity index (χ1) is 7.24. The Morgan fingerprint density at radius 2 is 1.18 bits per heavy atom. The second-order valence-electron chi connectivity index (χ2n) is 3.79. The summed E-state index contributed by atoms with van der Waals surface area (Å²) in [6.45, 7) is 4.27. The maximum absolute atomic E-state index is 2.24. The number of rotatable bonds is 2. The van der Waals surface area contributed by atoms with Crippen LogP contribution in [0.4, 0.5) is 0 Å². The van der Waals surface area contributed by atoms with E-state index < -0.39 is 0 Å². The summed E-state index contributed by atoms with van der Waals surface area (Å²) < 4.78 is 0. The minimum absolute atomic E-state index is 0. The molecule has 0 bridgehead atoms. The van der Waals surface area contributed by atoms with Crippen molar-refractivity contribution in [2.45, 2.75) is 13.8 Å². The molecule has 0 N–H and O–H groups in total. The van der Waals surface area contributed by atoms with Crippen molar-refractivity contribution in [1.29, 1.82) is 0 Å². The Balaban J connectivity index is 0.00000128. The molecule has 0 radical (unpaired) electrons. The monoisotopic (exact) mass is 316 g/mol. The topological polar surface area (TPSA) is 0 Å². The Morgan fingerprint density at radius 1 is 0.765 bits per heavy atom. The van der Waals surface area contributed by atoms with Crippen LogP contribution in [0, 0.1) is 13.8 Å². The van der Waals surface area contributed by atoms with Gasteiger partial charge in [-0.2, -0.15) is 10.6 Å². The second-order valence-corrected chi connectivity index (χ2v) is 5.05. The summed E-state index contributed by atoms with van der Waals surface area (Å²) in [5.74, 6) is 0. The quantitative estimate of drug-likeness (QED) is 0.533. The van der Waals surface area contributed by atoms with E-state index in [0.717, 1.165) is 0 Å². The molecule has 0 heterocycles. The van der Waals surface area contributed by atoms with Crippen molar-refractivity contribution in [2.75, 3.05) is 0 Å². The van der Waals surface area contributed by atoms with Crippen molar-refractivity contribution < 1.29 is 17.0 Å². The fourth-order valence-electron chi connectivity index (χ4n) is 1.54. The number of hydrogen-bond donors (Lipinski definition) is 0. The van der Waals surface area contributed by atoms with E-state index in [4.69, 9.17) is 0 Å². The summed E-state index contributed by atoms with van der Waals surface area (Å²) in [4.78, 5) is 0. The van der Waals surface area contributed by atoms with Crippen LogP contribution in [0.3, 0.4) is 0 Å². The molecule has 0 nitrogen and oxygen atoms in total. The molecule has 0 fully saturated rings. The zero-order valence-electron chi connectivity index (χ0n) is 10.2. The van der Waals surface area contributed by atoms with Gasteiger partial charge in [0, 0.05) is 0 Å². The molecule has 3 heteroatoms. The molecule has 0 unspecified atom stereocenters. The summed E-state index contributed by atoms with van der Waals surface area (Å²) in [5, 5.41) is 2.72. The van der Waals surface area contributed by atoms with Crippen molar-refractivity contribution in [1.82, 2.24) is 0 Å². The molecule has 2 aromatic rings. The summed E-state index contributed by atoms with van der Waals surface area (Å²) >= 11 is 0. The van der Waals surface area contributed by atoms with Gasteiger partial charge in [0.15, 0.2) is 0 Å². The van der Waals surface area contributed by atoms with Crippen LogP contribution in [0.25, 0.3) is 0 Å². The first kappa shape index (κ1) is 17.1. The molecule has 0 atom stereocenters. The van der Waals surface area contributed by atoms with Gasteiger partial charge < -0.3 is 25.6 Å². The Bertz CT molecular complexity index is 428. The molecule has 0 aliphatic heterocycles. The molecule has 0 amide bonds. The van der Waals surface area contributed by atoms with Crippen molar-refractivity contribution in [3.63, 3.8) is 0 Å².